The van der Waals surface area contributed by atoms with E-state index in [9.17, 15) is 14.7 Å². The van der Waals surface area contributed by atoms with E-state index in [1.807, 2.05) is 0 Å². The first-order chi connectivity index (χ1) is 7.41. The van der Waals surface area contributed by atoms with E-state index in [2.05, 4.69) is 6.58 Å². The summed E-state index contributed by atoms with van der Waals surface area (Å²) >= 11 is 0. The fraction of sp³-hybridized carbons (Fsp3) is 0.636. The second-order valence-electron chi connectivity index (χ2n) is 3.88. The molecule has 0 aromatic carbocycles. The van der Waals surface area contributed by atoms with Gasteiger partial charge in [-0.25, -0.2) is 0 Å². The van der Waals surface area contributed by atoms with Crippen molar-refractivity contribution in [1.82, 2.24) is 0 Å². The van der Waals surface area contributed by atoms with Gasteiger partial charge in [-0.3, -0.25) is 9.59 Å². The van der Waals surface area contributed by atoms with Crippen molar-refractivity contribution >= 4 is 11.9 Å². The summed E-state index contributed by atoms with van der Waals surface area (Å²) in [6.07, 6.45) is -0.853. The van der Waals surface area contributed by atoms with E-state index >= 15 is 0 Å². The second-order valence-corrected chi connectivity index (χ2v) is 3.88. The molecule has 1 fully saturated rings. The zero-order chi connectivity index (χ0) is 12.3. The lowest BCUT2D eigenvalue weighted by molar-refractivity contribution is -0.150. The van der Waals surface area contributed by atoms with Crippen molar-refractivity contribution in [2.24, 2.45) is 5.92 Å². The molecule has 1 saturated carbocycles. The van der Waals surface area contributed by atoms with Gasteiger partial charge in [-0.2, -0.15) is 0 Å². The Kier molecular flexibility index (Phi) is 4.06. The second kappa shape index (κ2) is 5.12. The third-order valence-corrected chi connectivity index (χ3v) is 2.59. The molecule has 5 nitrogen and oxygen atoms in total. The highest BCUT2D eigenvalue weighted by Gasteiger charge is 2.39. The summed E-state index contributed by atoms with van der Waals surface area (Å²) in [5, 5.41) is 9.59. The zero-order valence-corrected chi connectivity index (χ0v) is 9.43. The Morgan fingerprint density at radius 3 is 2.56 bits per heavy atom. The van der Waals surface area contributed by atoms with Gasteiger partial charge in [-0.1, -0.05) is 6.58 Å². The topological polar surface area (TPSA) is 72.8 Å². The minimum Gasteiger partial charge on any atom is -0.465 e. The number of ether oxygens (including phenoxy) is 2. The van der Waals surface area contributed by atoms with Gasteiger partial charge in [0.25, 0.3) is 0 Å². The van der Waals surface area contributed by atoms with Gasteiger partial charge in [0.05, 0.1) is 12.0 Å². The number of aliphatic hydroxyl groups excluding tert-OH is 1. The smallest absolute Gasteiger partial charge is 0.302 e. The monoisotopic (exact) mass is 228 g/mol. The van der Waals surface area contributed by atoms with Gasteiger partial charge in [0.15, 0.2) is 0 Å². The molecule has 90 valence electrons. The first-order valence-electron chi connectivity index (χ1n) is 5.09. The van der Waals surface area contributed by atoms with E-state index in [4.69, 9.17) is 9.47 Å². The Morgan fingerprint density at radius 1 is 1.44 bits per heavy atom. The van der Waals surface area contributed by atoms with Crippen LogP contribution in [0.5, 0.6) is 0 Å². The Morgan fingerprint density at radius 2 is 2.06 bits per heavy atom. The molecule has 3 atom stereocenters. The third-order valence-electron chi connectivity index (χ3n) is 2.59. The number of rotatable bonds is 3. The summed E-state index contributed by atoms with van der Waals surface area (Å²) < 4.78 is 9.90. The quantitative estimate of drug-likeness (QED) is 0.559. The standard InChI is InChI=1S/C11H16O5/c1-6-9(5-15-7(2)12)11(4-10(6)14)16-8(3)13/h9-11,14H,1,4-5H2,2-3H3/t9-,10+,11-/m0/s1. The van der Waals surface area contributed by atoms with Crippen LogP contribution in [0.15, 0.2) is 12.2 Å². The number of esters is 2. The van der Waals surface area contributed by atoms with E-state index in [0.717, 1.165) is 0 Å². The fourth-order valence-corrected chi connectivity index (χ4v) is 1.79. The molecule has 0 aromatic rings. The van der Waals surface area contributed by atoms with Crippen molar-refractivity contribution in [3.63, 3.8) is 0 Å². The maximum atomic E-state index is 10.9. The van der Waals surface area contributed by atoms with Crippen LogP contribution in [0.2, 0.25) is 0 Å². The lowest BCUT2D eigenvalue weighted by Crippen LogP contribution is -2.26. The van der Waals surface area contributed by atoms with Gasteiger partial charge < -0.3 is 14.6 Å². The average Bonchev–Trinajstić information content (AvgIpc) is 2.39. The largest absolute Gasteiger partial charge is 0.465 e. The van der Waals surface area contributed by atoms with Crippen molar-refractivity contribution in [1.29, 1.82) is 0 Å². The van der Waals surface area contributed by atoms with Gasteiger partial charge in [0.1, 0.15) is 12.7 Å². The molecule has 16 heavy (non-hydrogen) atoms. The number of hydrogen-bond acceptors (Lipinski definition) is 5. The lowest BCUT2D eigenvalue weighted by Gasteiger charge is -2.19. The van der Waals surface area contributed by atoms with Gasteiger partial charge in [-0.15, -0.1) is 0 Å². The predicted octanol–water partition coefficient (Wildman–Crippen LogP) is 0.418. The number of hydrogen-bond donors (Lipinski definition) is 1. The van der Waals surface area contributed by atoms with Crippen LogP contribution in [-0.4, -0.2) is 35.9 Å². The first kappa shape index (κ1) is 12.7. The van der Waals surface area contributed by atoms with Crippen molar-refractivity contribution in [3.05, 3.63) is 12.2 Å². The molecule has 1 aliphatic carbocycles. The summed E-state index contributed by atoms with van der Waals surface area (Å²) in [6.45, 7) is 6.41. The van der Waals surface area contributed by atoms with E-state index in [0.29, 0.717) is 12.0 Å². The third kappa shape index (κ3) is 3.06. The van der Waals surface area contributed by atoms with Crippen LogP contribution in [0.25, 0.3) is 0 Å². The molecule has 5 heteroatoms. The Hall–Kier alpha value is -1.36. The maximum Gasteiger partial charge on any atom is 0.302 e. The lowest BCUT2D eigenvalue weighted by atomic mass is 10.0. The highest BCUT2D eigenvalue weighted by Crippen LogP contribution is 2.33. The minimum absolute atomic E-state index is 0.0865. The molecule has 1 N–H and O–H groups in total. The normalized spacial score (nSPS) is 28.9. The highest BCUT2D eigenvalue weighted by atomic mass is 16.6. The molecular formula is C11H16O5. The molecule has 1 aliphatic rings. The van der Waals surface area contributed by atoms with Crippen molar-refractivity contribution in [2.75, 3.05) is 6.61 Å². The van der Waals surface area contributed by atoms with Crippen LogP contribution in [0, 0.1) is 5.92 Å². The molecule has 0 aliphatic heterocycles. The molecule has 0 unspecified atom stereocenters. The fourth-order valence-electron chi connectivity index (χ4n) is 1.79. The summed E-state index contributed by atoms with van der Waals surface area (Å²) in [6, 6.07) is 0. The van der Waals surface area contributed by atoms with Crippen molar-refractivity contribution in [3.8, 4) is 0 Å². The van der Waals surface area contributed by atoms with Crippen LogP contribution in [0.4, 0.5) is 0 Å². The van der Waals surface area contributed by atoms with E-state index in [-0.39, 0.29) is 12.5 Å². The SMILES string of the molecule is C=C1[C@H](O)C[C@H](OC(C)=O)[C@H]1COC(C)=O. The molecule has 0 saturated heterocycles. The van der Waals surface area contributed by atoms with Crippen LogP contribution in [0.3, 0.4) is 0 Å². The minimum atomic E-state index is -0.704. The maximum absolute atomic E-state index is 10.9. The Balaban J connectivity index is 2.63. The number of aliphatic hydroxyl groups is 1. The zero-order valence-electron chi connectivity index (χ0n) is 9.43. The molecule has 0 spiro atoms. The van der Waals surface area contributed by atoms with Gasteiger partial charge >= 0.3 is 11.9 Å². The molecule has 0 bridgehead atoms. The van der Waals surface area contributed by atoms with Crippen LogP contribution in [-0.2, 0) is 19.1 Å². The molecule has 0 aromatic heterocycles. The summed E-state index contributed by atoms with van der Waals surface area (Å²) in [7, 11) is 0. The summed E-state index contributed by atoms with van der Waals surface area (Å²) in [5.74, 6) is -1.14. The number of carbonyl (C=O) groups is 2. The van der Waals surface area contributed by atoms with E-state index < -0.39 is 24.1 Å². The number of carbonyl (C=O) groups excluding carboxylic acids is 2. The van der Waals surface area contributed by atoms with E-state index in [1.54, 1.807) is 0 Å². The van der Waals surface area contributed by atoms with Crippen molar-refractivity contribution < 1.29 is 24.2 Å². The average molecular weight is 228 g/mol. The molecular weight excluding hydrogens is 212 g/mol. The molecule has 0 heterocycles. The van der Waals surface area contributed by atoms with Gasteiger partial charge in [0, 0.05) is 20.3 Å². The van der Waals surface area contributed by atoms with Crippen molar-refractivity contribution in [2.45, 2.75) is 32.5 Å². The molecule has 1 rings (SSSR count). The first-order valence-corrected chi connectivity index (χ1v) is 5.09. The van der Waals surface area contributed by atoms with Crippen LogP contribution >= 0.6 is 0 Å². The molecule has 0 amide bonds. The summed E-state index contributed by atoms with van der Waals surface area (Å²) in [5.41, 5.74) is 0.549. The highest BCUT2D eigenvalue weighted by molar-refractivity contribution is 5.66. The molecule has 0 radical (unpaired) electrons. The summed E-state index contributed by atoms with van der Waals surface area (Å²) in [4.78, 5) is 21.6. The van der Waals surface area contributed by atoms with Gasteiger partial charge in [0.2, 0.25) is 0 Å². The Labute approximate surface area is 94.0 Å². The Bertz CT molecular complexity index is 309. The van der Waals surface area contributed by atoms with Crippen LogP contribution in [0.1, 0.15) is 20.3 Å². The van der Waals surface area contributed by atoms with Gasteiger partial charge in [-0.05, 0) is 5.57 Å². The predicted molar refractivity (Wildman–Crippen MR) is 55.4 cm³/mol. The van der Waals surface area contributed by atoms with E-state index in [1.165, 1.54) is 13.8 Å². The van der Waals surface area contributed by atoms with Crippen LogP contribution < -0.4 is 0 Å².